The Morgan fingerprint density at radius 3 is 2.71 bits per heavy atom. The minimum absolute atomic E-state index is 0.0370. The van der Waals surface area contributed by atoms with Crippen LogP contribution in [-0.2, 0) is 7.05 Å². The summed E-state index contributed by atoms with van der Waals surface area (Å²) in [6.07, 6.45) is 5.35. The van der Waals surface area contributed by atoms with Gasteiger partial charge in [-0.05, 0) is 18.9 Å². The van der Waals surface area contributed by atoms with Crippen LogP contribution in [-0.4, -0.2) is 21.1 Å². The summed E-state index contributed by atoms with van der Waals surface area (Å²) in [6.45, 7) is 0. The maximum Gasteiger partial charge on any atom is 0.200 e. The lowest BCUT2D eigenvalue weighted by Gasteiger charge is -2.21. The van der Waals surface area contributed by atoms with Gasteiger partial charge in [-0.1, -0.05) is 12.8 Å². The van der Waals surface area contributed by atoms with E-state index in [0.29, 0.717) is 5.69 Å². The fourth-order valence-electron chi connectivity index (χ4n) is 2.08. The molecule has 0 spiro atoms. The van der Waals surface area contributed by atoms with E-state index in [-0.39, 0.29) is 5.78 Å². The third-order valence-electron chi connectivity index (χ3n) is 3.00. The Morgan fingerprint density at radius 1 is 1.57 bits per heavy atom. The van der Waals surface area contributed by atoms with Crippen LogP contribution in [0.2, 0.25) is 0 Å². The van der Waals surface area contributed by atoms with Gasteiger partial charge in [-0.25, -0.2) is 0 Å². The van der Waals surface area contributed by atoms with Crippen molar-refractivity contribution in [3.8, 4) is 0 Å². The van der Waals surface area contributed by atoms with Gasteiger partial charge in [0.05, 0.1) is 5.54 Å². The molecule has 0 aromatic carbocycles. The van der Waals surface area contributed by atoms with Crippen LogP contribution < -0.4 is 5.73 Å². The number of ketones is 1. The van der Waals surface area contributed by atoms with Crippen molar-refractivity contribution in [3.63, 3.8) is 0 Å². The first kappa shape index (κ1) is 9.40. The molecule has 0 atom stereocenters. The highest BCUT2D eigenvalue weighted by molar-refractivity contribution is 6.01. The summed E-state index contributed by atoms with van der Waals surface area (Å²) in [4.78, 5) is 12.1. The Labute approximate surface area is 83.1 Å². The molecule has 0 amide bonds. The second-order valence-electron chi connectivity index (χ2n) is 4.03. The van der Waals surface area contributed by atoms with Crippen molar-refractivity contribution in [2.45, 2.75) is 31.2 Å². The zero-order valence-electron chi connectivity index (χ0n) is 8.36. The molecule has 1 saturated carbocycles. The highest BCUT2D eigenvalue weighted by Crippen LogP contribution is 2.30. The van der Waals surface area contributed by atoms with Crippen molar-refractivity contribution in [2.24, 2.45) is 12.8 Å². The Bertz CT molecular complexity index is 350. The molecule has 76 valence electrons. The molecule has 4 nitrogen and oxygen atoms in total. The van der Waals surface area contributed by atoms with Crippen molar-refractivity contribution in [2.75, 3.05) is 0 Å². The van der Waals surface area contributed by atoms with Crippen molar-refractivity contribution in [3.05, 3.63) is 18.0 Å². The van der Waals surface area contributed by atoms with Crippen LogP contribution in [0.15, 0.2) is 12.3 Å². The summed E-state index contributed by atoms with van der Waals surface area (Å²) in [7, 11) is 1.77. The minimum atomic E-state index is -0.631. The topological polar surface area (TPSA) is 60.9 Å². The lowest BCUT2D eigenvalue weighted by molar-refractivity contribution is 0.0882. The van der Waals surface area contributed by atoms with Crippen LogP contribution >= 0.6 is 0 Å². The van der Waals surface area contributed by atoms with E-state index in [1.165, 1.54) is 0 Å². The van der Waals surface area contributed by atoms with Gasteiger partial charge in [-0.15, -0.1) is 0 Å². The number of aryl methyl sites for hydroxylation is 1. The number of nitrogens with zero attached hydrogens (tertiary/aromatic N) is 2. The average Bonchev–Trinajstić information content (AvgIpc) is 2.74. The predicted molar refractivity (Wildman–Crippen MR) is 52.9 cm³/mol. The lowest BCUT2D eigenvalue weighted by Crippen LogP contribution is -2.45. The molecule has 0 unspecified atom stereocenters. The molecule has 2 N–H and O–H groups in total. The number of aromatic nitrogens is 2. The fraction of sp³-hybridized carbons (Fsp3) is 0.600. The van der Waals surface area contributed by atoms with Crippen LogP contribution in [0.25, 0.3) is 0 Å². The van der Waals surface area contributed by atoms with Gasteiger partial charge in [0.25, 0.3) is 0 Å². The number of carbonyl (C=O) groups excluding carboxylic acids is 1. The van der Waals surface area contributed by atoms with Gasteiger partial charge in [0.1, 0.15) is 5.69 Å². The molecular formula is C10H15N3O. The third-order valence-corrected chi connectivity index (χ3v) is 3.00. The third kappa shape index (κ3) is 1.35. The molecule has 1 aliphatic rings. The van der Waals surface area contributed by atoms with E-state index >= 15 is 0 Å². The molecule has 0 saturated heterocycles. The summed E-state index contributed by atoms with van der Waals surface area (Å²) < 4.78 is 1.59. The monoisotopic (exact) mass is 193 g/mol. The van der Waals surface area contributed by atoms with Crippen LogP contribution in [0, 0.1) is 0 Å². The summed E-state index contributed by atoms with van der Waals surface area (Å²) in [5.74, 6) is 0.0370. The lowest BCUT2D eigenvalue weighted by atomic mass is 9.91. The number of hydrogen-bond acceptors (Lipinski definition) is 3. The summed E-state index contributed by atoms with van der Waals surface area (Å²) in [5, 5.41) is 3.98. The largest absolute Gasteiger partial charge is 0.319 e. The first-order chi connectivity index (χ1) is 6.63. The molecule has 1 aliphatic carbocycles. The van der Waals surface area contributed by atoms with E-state index in [4.69, 9.17) is 5.73 Å². The van der Waals surface area contributed by atoms with E-state index < -0.39 is 5.54 Å². The summed E-state index contributed by atoms with van der Waals surface area (Å²) in [6, 6.07) is 1.73. The van der Waals surface area contributed by atoms with Crippen LogP contribution in [0.4, 0.5) is 0 Å². The molecule has 0 radical (unpaired) electrons. The number of nitrogens with two attached hydrogens (primary N) is 1. The predicted octanol–water partition coefficient (Wildman–Crippen LogP) is 0.874. The Balaban J connectivity index is 2.28. The number of rotatable bonds is 2. The second kappa shape index (κ2) is 3.20. The van der Waals surface area contributed by atoms with Gasteiger partial charge in [0.2, 0.25) is 5.78 Å². The van der Waals surface area contributed by atoms with Gasteiger partial charge in [0, 0.05) is 13.2 Å². The highest BCUT2D eigenvalue weighted by atomic mass is 16.1. The van der Waals surface area contributed by atoms with Crippen molar-refractivity contribution < 1.29 is 4.79 Å². The second-order valence-corrected chi connectivity index (χ2v) is 4.03. The van der Waals surface area contributed by atoms with Gasteiger partial charge in [0.15, 0.2) is 0 Å². The molecule has 1 fully saturated rings. The first-order valence-corrected chi connectivity index (χ1v) is 4.95. The zero-order valence-corrected chi connectivity index (χ0v) is 8.36. The fourth-order valence-corrected chi connectivity index (χ4v) is 2.08. The molecule has 1 aromatic rings. The molecule has 1 heterocycles. The molecule has 0 aliphatic heterocycles. The highest BCUT2D eigenvalue weighted by Gasteiger charge is 2.38. The molecule has 4 heteroatoms. The minimum Gasteiger partial charge on any atom is -0.319 e. The Kier molecular flexibility index (Phi) is 2.15. The van der Waals surface area contributed by atoms with Crippen molar-refractivity contribution in [1.29, 1.82) is 0 Å². The quantitative estimate of drug-likeness (QED) is 0.709. The van der Waals surface area contributed by atoms with Gasteiger partial charge in [-0.2, -0.15) is 5.10 Å². The van der Waals surface area contributed by atoms with Crippen LogP contribution in [0.1, 0.15) is 36.2 Å². The molecule has 1 aromatic heterocycles. The molecular weight excluding hydrogens is 178 g/mol. The average molecular weight is 193 g/mol. The van der Waals surface area contributed by atoms with E-state index in [1.807, 2.05) is 0 Å². The Morgan fingerprint density at radius 2 is 2.21 bits per heavy atom. The number of hydrogen-bond donors (Lipinski definition) is 1. The maximum atomic E-state index is 12.1. The maximum absolute atomic E-state index is 12.1. The molecule has 2 rings (SSSR count). The van der Waals surface area contributed by atoms with Crippen LogP contribution in [0.3, 0.4) is 0 Å². The smallest absolute Gasteiger partial charge is 0.200 e. The normalized spacial score (nSPS) is 19.9. The molecule has 0 bridgehead atoms. The summed E-state index contributed by atoms with van der Waals surface area (Å²) in [5.41, 5.74) is 6.06. The number of carbonyl (C=O) groups is 1. The summed E-state index contributed by atoms with van der Waals surface area (Å²) >= 11 is 0. The van der Waals surface area contributed by atoms with E-state index in [0.717, 1.165) is 25.7 Å². The van der Waals surface area contributed by atoms with Gasteiger partial charge in [-0.3, -0.25) is 9.48 Å². The molecule has 14 heavy (non-hydrogen) atoms. The zero-order chi connectivity index (χ0) is 10.2. The number of Topliss-reactive ketones (excluding diaryl/α,β-unsaturated/α-hetero) is 1. The van der Waals surface area contributed by atoms with Gasteiger partial charge < -0.3 is 5.73 Å². The van der Waals surface area contributed by atoms with Crippen molar-refractivity contribution in [1.82, 2.24) is 9.78 Å². The standard InChI is InChI=1S/C10H15N3O/c1-13-8(4-7-12-13)9(14)10(11)5-2-3-6-10/h4,7H,2-3,5-6,11H2,1H3. The Hall–Kier alpha value is -1.16. The van der Waals surface area contributed by atoms with Gasteiger partial charge >= 0.3 is 0 Å². The van der Waals surface area contributed by atoms with Crippen LogP contribution in [0.5, 0.6) is 0 Å². The van der Waals surface area contributed by atoms with Crippen molar-refractivity contribution >= 4 is 5.78 Å². The van der Waals surface area contributed by atoms with E-state index in [9.17, 15) is 4.79 Å². The SMILES string of the molecule is Cn1nccc1C(=O)C1(N)CCCC1. The first-order valence-electron chi connectivity index (χ1n) is 4.95. The van der Waals surface area contributed by atoms with E-state index in [2.05, 4.69) is 5.10 Å². The van der Waals surface area contributed by atoms with E-state index in [1.54, 1.807) is 24.0 Å².